The van der Waals surface area contributed by atoms with Gasteiger partial charge in [0, 0.05) is 29.8 Å². The highest BCUT2D eigenvalue weighted by atomic mass is 79.9. The molecule has 2 rings (SSSR count). The van der Waals surface area contributed by atoms with Crippen molar-refractivity contribution in [1.29, 1.82) is 0 Å². The quantitative estimate of drug-likeness (QED) is 0.804. The van der Waals surface area contributed by atoms with E-state index in [1.807, 2.05) is 0 Å². The molecule has 1 aliphatic heterocycles. The Kier molecular flexibility index (Phi) is 5.85. The van der Waals surface area contributed by atoms with Crippen LogP contribution in [0.5, 0.6) is 0 Å². The first-order valence-electron chi connectivity index (χ1n) is 6.71. The van der Waals surface area contributed by atoms with Crippen LogP contribution >= 0.6 is 27.3 Å². The van der Waals surface area contributed by atoms with Crippen molar-refractivity contribution in [2.24, 2.45) is 0 Å². The maximum absolute atomic E-state index is 12.0. The molecule has 1 aromatic heterocycles. The van der Waals surface area contributed by atoms with Crippen LogP contribution in [0.2, 0.25) is 0 Å². The molecule has 0 aliphatic carbocycles. The largest absolute Gasteiger partial charge is 0.381 e. The van der Waals surface area contributed by atoms with E-state index in [4.69, 9.17) is 4.74 Å². The lowest BCUT2D eigenvalue weighted by Crippen LogP contribution is -2.53. The molecule has 0 bridgehead atoms. The van der Waals surface area contributed by atoms with Crippen LogP contribution in [0.3, 0.4) is 0 Å². The minimum atomic E-state index is -0.0989. The molecule has 1 N–H and O–H groups in total. The highest BCUT2D eigenvalue weighted by Crippen LogP contribution is 2.23. The summed E-state index contributed by atoms with van der Waals surface area (Å²) in [4.78, 5) is 13.4. The number of hydrogen-bond donors (Lipinski definition) is 1. The second kappa shape index (κ2) is 7.41. The summed E-state index contributed by atoms with van der Waals surface area (Å²) in [7, 11) is 0. The number of carbonyl (C=O) groups is 1. The number of ether oxygens (including phenoxy) is 1. The molecule has 19 heavy (non-hydrogen) atoms. The van der Waals surface area contributed by atoms with E-state index >= 15 is 0 Å². The topological polar surface area (TPSA) is 38.3 Å². The van der Waals surface area contributed by atoms with E-state index in [1.165, 1.54) is 4.88 Å². The third-order valence-electron chi connectivity index (χ3n) is 3.52. The first kappa shape index (κ1) is 15.0. The maximum Gasteiger partial charge on any atom is 0.220 e. The van der Waals surface area contributed by atoms with Crippen molar-refractivity contribution in [3.63, 3.8) is 0 Å². The molecule has 0 spiro atoms. The van der Waals surface area contributed by atoms with Gasteiger partial charge in [-0.3, -0.25) is 4.79 Å². The maximum atomic E-state index is 12.0. The minimum absolute atomic E-state index is 0.0989. The molecule has 0 saturated carbocycles. The summed E-state index contributed by atoms with van der Waals surface area (Å²) < 4.78 is 5.37. The number of carbonyl (C=O) groups excluding carboxylic acids is 1. The van der Waals surface area contributed by atoms with Crippen molar-refractivity contribution < 1.29 is 9.53 Å². The molecule has 1 amide bonds. The molecule has 106 valence electrons. The predicted octanol–water partition coefficient (Wildman–Crippen LogP) is 3.13. The van der Waals surface area contributed by atoms with E-state index in [0.29, 0.717) is 6.42 Å². The fourth-order valence-electron chi connectivity index (χ4n) is 2.29. The molecule has 1 aromatic rings. The van der Waals surface area contributed by atoms with Gasteiger partial charge in [-0.05, 0) is 37.1 Å². The van der Waals surface area contributed by atoms with Crippen LogP contribution in [0.1, 0.15) is 30.6 Å². The standard InChI is InChI=1S/C14H20BrNO2S/c15-11-14(6-8-18-9-7-14)16-13(17)5-1-3-12-4-2-10-19-12/h2,4,10H,1,3,5-9,11H2,(H,16,17). The van der Waals surface area contributed by atoms with E-state index in [1.54, 1.807) is 11.3 Å². The van der Waals surface area contributed by atoms with E-state index in [0.717, 1.165) is 44.2 Å². The van der Waals surface area contributed by atoms with Crippen LogP contribution in [0.4, 0.5) is 0 Å². The SMILES string of the molecule is O=C(CCCc1cccs1)NC1(CBr)CCOCC1. The van der Waals surface area contributed by atoms with Crippen LogP contribution < -0.4 is 5.32 Å². The van der Waals surface area contributed by atoms with Gasteiger partial charge in [-0.1, -0.05) is 22.0 Å². The average Bonchev–Trinajstić information content (AvgIpc) is 2.93. The van der Waals surface area contributed by atoms with E-state index in [2.05, 4.69) is 38.8 Å². The van der Waals surface area contributed by atoms with Crippen molar-refractivity contribution in [3.05, 3.63) is 22.4 Å². The van der Waals surface area contributed by atoms with Gasteiger partial charge in [0.1, 0.15) is 0 Å². The molecule has 1 fully saturated rings. The monoisotopic (exact) mass is 345 g/mol. The zero-order valence-corrected chi connectivity index (χ0v) is 13.4. The molecular weight excluding hydrogens is 326 g/mol. The Hall–Kier alpha value is -0.390. The molecule has 3 nitrogen and oxygen atoms in total. The van der Waals surface area contributed by atoms with Crippen LogP contribution in [0.25, 0.3) is 0 Å². The molecular formula is C14H20BrNO2S. The van der Waals surface area contributed by atoms with E-state index in [9.17, 15) is 4.79 Å². The second-order valence-corrected chi connectivity index (χ2v) is 6.60. The molecule has 0 radical (unpaired) electrons. The van der Waals surface area contributed by atoms with E-state index in [-0.39, 0.29) is 11.4 Å². The molecule has 2 heterocycles. The Morgan fingerprint density at radius 2 is 2.26 bits per heavy atom. The van der Waals surface area contributed by atoms with Crippen LogP contribution in [0.15, 0.2) is 17.5 Å². The van der Waals surface area contributed by atoms with Crippen molar-refractivity contribution in [2.45, 2.75) is 37.6 Å². The second-order valence-electron chi connectivity index (χ2n) is 5.01. The Labute approximate surface area is 126 Å². The Morgan fingerprint density at radius 3 is 2.89 bits per heavy atom. The third kappa shape index (κ3) is 4.58. The Morgan fingerprint density at radius 1 is 1.47 bits per heavy atom. The average molecular weight is 346 g/mol. The lowest BCUT2D eigenvalue weighted by Gasteiger charge is -2.36. The number of thiophene rings is 1. The number of hydrogen-bond acceptors (Lipinski definition) is 3. The third-order valence-corrected chi connectivity index (χ3v) is 5.53. The lowest BCUT2D eigenvalue weighted by atomic mass is 9.92. The van der Waals surface area contributed by atoms with Crippen molar-refractivity contribution >= 4 is 33.2 Å². The molecule has 1 saturated heterocycles. The number of rotatable bonds is 6. The number of halogens is 1. The van der Waals surface area contributed by atoms with Crippen LogP contribution in [0, 0.1) is 0 Å². The molecule has 1 aliphatic rings. The van der Waals surface area contributed by atoms with Gasteiger partial charge in [-0.2, -0.15) is 0 Å². The first-order valence-corrected chi connectivity index (χ1v) is 8.71. The summed E-state index contributed by atoms with van der Waals surface area (Å²) in [6.45, 7) is 1.47. The molecule has 0 atom stereocenters. The van der Waals surface area contributed by atoms with Crippen LogP contribution in [-0.4, -0.2) is 30.0 Å². The fourth-order valence-corrected chi connectivity index (χ4v) is 3.74. The lowest BCUT2D eigenvalue weighted by molar-refractivity contribution is -0.123. The van der Waals surface area contributed by atoms with Gasteiger partial charge in [0.05, 0.1) is 5.54 Å². The zero-order chi connectivity index (χ0) is 13.6. The highest BCUT2D eigenvalue weighted by molar-refractivity contribution is 9.09. The van der Waals surface area contributed by atoms with Gasteiger partial charge in [0.2, 0.25) is 5.91 Å². The number of aryl methyl sites for hydroxylation is 1. The Balaban J connectivity index is 1.73. The molecule has 5 heteroatoms. The summed E-state index contributed by atoms with van der Waals surface area (Å²) in [5.41, 5.74) is -0.0989. The molecule has 0 aromatic carbocycles. The Bertz CT molecular complexity index is 388. The fraction of sp³-hybridized carbons (Fsp3) is 0.643. The first-order chi connectivity index (χ1) is 9.24. The smallest absolute Gasteiger partial charge is 0.220 e. The summed E-state index contributed by atoms with van der Waals surface area (Å²) in [5.74, 6) is 0.165. The minimum Gasteiger partial charge on any atom is -0.381 e. The summed E-state index contributed by atoms with van der Waals surface area (Å²) in [6.07, 6.45) is 4.31. The number of nitrogens with one attached hydrogen (secondary N) is 1. The zero-order valence-electron chi connectivity index (χ0n) is 11.0. The van der Waals surface area contributed by atoms with Gasteiger partial charge in [0.25, 0.3) is 0 Å². The summed E-state index contributed by atoms with van der Waals surface area (Å²) in [6, 6.07) is 4.18. The van der Waals surface area contributed by atoms with Gasteiger partial charge in [-0.25, -0.2) is 0 Å². The molecule has 0 unspecified atom stereocenters. The van der Waals surface area contributed by atoms with Gasteiger partial charge >= 0.3 is 0 Å². The summed E-state index contributed by atoms with van der Waals surface area (Å²) in [5, 5.41) is 6.09. The van der Waals surface area contributed by atoms with Gasteiger partial charge in [-0.15, -0.1) is 11.3 Å². The van der Waals surface area contributed by atoms with Crippen molar-refractivity contribution in [3.8, 4) is 0 Å². The summed E-state index contributed by atoms with van der Waals surface area (Å²) >= 11 is 5.29. The highest BCUT2D eigenvalue weighted by Gasteiger charge is 2.32. The van der Waals surface area contributed by atoms with Gasteiger partial charge in [0.15, 0.2) is 0 Å². The van der Waals surface area contributed by atoms with Gasteiger partial charge < -0.3 is 10.1 Å². The van der Waals surface area contributed by atoms with E-state index < -0.39 is 0 Å². The predicted molar refractivity (Wildman–Crippen MR) is 82.0 cm³/mol. The normalized spacial score (nSPS) is 18.2. The van der Waals surface area contributed by atoms with Crippen molar-refractivity contribution in [1.82, 2.24) is 5.32 Å². The van der Waals surface area contributed by atoms with Crippen molar-refractivity contribution in [2.75, 3.05) is 18.5 Å². The number of alkyl halides is 1. The van der Waals surface area contributed by atoms with Crippen LogP contribution in [-0.2, 0) is 16.0 Å². The number of amides is 1.